The first-order valence-electron chi connectivity index (χ1n) is 12.6. The molecule has 0 saturated heterocycles. The van der Waals surface area contributed by atoms with Crippen LogP contribution in [0.3, 0.4) is 0 Å². The fourth-order valence-electron chi connectivity index (χ4n) is 4.13. The Morgan fingerprint density at radius 2 is 1.16 bits per heavy atom. The molecule has 0 fully saturated rings. The van der Waals surface area contributed by atoms with Crippen LogP contribution in [0, 0.1) is 0 Å². The van der Waals surface area contributed by atoms with Gasteiger partial charge in [-0.3, -0.25) is 14.5 Å². The van der Waals surface area contributed by atoms with Gasteiger partial charge in [-0.2, -0.15) is 0 Å². The number of carbonyl (C=O) groups excluding carboxylic acids is 1. The molecule has 202 valence electrons. The molecule has 0 heterocycles. The molecule has 0 saturated carbocycles. The maximum absolute atomic E-state index is 13.5. The summed E-state index contributed by atoms with van der Waals surface area (Å²) >= 11 is 0. The first-order chi connectivity index (χ1) is 18.2. The van der Waals surface area contributed by atoms with Crippen LogP contribution >= 0.6 is 0 Å². The monoisotopic (exact) mass is 537 g/mol. The summed E-state index contributed by atoms with van der Waals surface area (Å²) in [7, 11) is -3.77. The second kappa shape index (κ2) is 14.4. The SMILES string of the molecule is NS(=O)(=O)c1ccc(CCN(CCc2ccccc2)C(=O)CN(CCC(=O)O)CCc2ccccc2)cc1. The van der Waals surface area contributed by atoms with Gasteiger partial charge < -0.3 is 10.0 Å². The van der Waals surface area contributed by atoms with Gasteiger partial charge in [0, 0.05) is 26.2 Å². The number of hydrogen-bond acceptors (Lipinski definition) is 5. The highest BCUT2D eigenvalue weighted by Gasteiger charge is 2.19. The standard InChI is InChI=1S/C29H35N3O5S/c30-38(36,37)27-13-11-26(12-14-27)17-22-32(21-16-25-9-5-2-6-10-25)28(33)23-31(20-18-29(34)35)19-15-24-7-3-1-4-8-24/h1-14H,15-23H2,(H,34,35)(H2,30,36,37). The molecule has 3 N–H and O–H groups in total. The summed E-state index contributed by atoms with van der Waals surface area (Å²) in [4.78, 5) is 28.5. The summed E-state index contributed by atoms with van der Waals surface area (Å²) in [6.45, 7) is 1.95. The smallest absolute Gasteiger partial charge is 0.304 e. The quantitative estimate of drug-likeness (QED) is 0.308. The minimum absolute atomic E-state index is 0.0392. The number of rotatable bonds is 15. The Morgan fingerprint density at radius 3 is 1.63 bits per heavy atom. The highest BCUT2D eigenvalue weighted by molar-refractivity contribution is 7.89. The van der Waals surface area contributed by atoms with Crippen molar-refractivity contribution in [2.45, 2.75) is 30.6 Å². The van der Waals surface area contributed by atoms with E-state index < -0.39 is 16.0 Å². The first-order valence-corrected chi connectivity index (χ1v) is 14.2. The summed E-state index contributed by atoms with van der Waals surface area (Å²) in [5.74, 6) is -0.966. The maximum Gasteiger partial charge on any atom is 0.304 e. The third-order valence-electron chi connectivity index (χ3n) is 6.35. The van der Waals surface area contributed by atoms with E-state index in [0.717, 1.165) is 16.7 Å². The lowest BCUT2D eigenvalue weighted by molar-refractivity contribution is -0.138. The summed E-state index contributed by atoms with van der Waals surface area (Å²) in [6, 6.07) is 26.2. The van der Waals surface area contributed by atoms with Crippen molar-refractivity contribution in [3.05, 3.63) is 102 Å². The van der Waals surface area contributed by atoms with Crippen molar-refractivity contribution in [1.82, 2.24) is 9.80 Å². The number of carboxylic acid groups (broad SMARTS) is 1. The van der Waals surface area contributed by atoms with Gasteiger partial charge in [-0.25, -0.2) is 13.6 Å². The van der Waals surface area contributed by atoms with Gasteiger partial charge in [-0.15, -0.1) is 0 Å². The van der Waals surface area contributed by atoms with Crippen LogP contribution in [0.2, 0.25) is 0 Å². The Labute approximate surface area is 224 Å². The Kier molecular flexibility index (Phi) is 11.0. The van der Waals surface area contributed by atoms with Crippen molar-refractivity contribution >= 4 is 21.9 Å². The fourth-order valence-corrected chi connectivity index (χ4v) is 4.64. The molecule has 3 rings (SSSR count). The third kappa shape index (κ3) is 10.1. The zero-order chi connectivity index (χ0) is 27.4. The molecule has 8 nitrogen and oxygen atoms in total. The van der Waals surface area contributed by atoms with E-state index in [1.54, 1.807) is 17.0 Å². The van der Waals surface area contributed by atoms with Gasteiger partial charge in [0.1, 0.15) is 0 Å². The van der Waals surface area contributed by atoms with Crippen molar-refractivity contribution in [2.24, 2.45) is 5.14 Å². The van der Waals surface area contributed by atoms with E-state index in [9.17, 15) is 23.1 Å². The second-order valence-corrected chi connectivity index (χ2v) is 10.8. The molecule has 9 heteroatoms. The molecule has 0 atom stereocenters. The molecule has 0 bridgehead atoms. The molecular formula is C29H35N3O5S. The minimum Gasteiger partial charge on any atom is -0.481 e. The van der Waals surface area contributed by atoms with Crippen LogP contribution in [0.25, 0.3) is 0 Å². The summed E-state index contributed by atoms with van der Waals surface area (Å²) in [5, 5.41) is 14.4. The first kappa shape index (κ1) is 29.0. The number of carboxylic acids is 1. The minimum atomic E-state index is -3.77. The van der Waals surface area contributed by atoms with Gasteiger partial charge in [0.2, 0.25) is 15.9 Å². The van der Waals surface area contributed by atoms with E-state index in [1.165, 1.54) is 12.1 Å². The van der Waals surface area contributed by atoms with E-state index in [4.69, 9.17) is 5.14 Å². The Balaban J connectivity index is 1.68. The van der Waals surface area contributed by atoms with Gasteiger partial charge in [-0.05, 0) is 48.1 Å². The topological polar surface area (TPSA) is 121 Å². The molecule has 0 aliphatic heterocycles. The van der Waals surface area contributed by atoms with Crippen LogP contribution in [-0.4, -0.2) is 67.9 Å². The van der Waals surface area contributed by atoms with Crippen molar-refractivity contribution < 1.29 is 23.1 Å². The Hall–Kier alpha value is -3.53. The summed E-state index contributed by atoms with van der Waals surface area (Å²) < 4.78 is 23.1. The lowest BCUT2D eigenvalue weighted by Crippen LogP contribution is -2.43. The van der Waals surface area contributed by atoms with Crippen LogP contribution < -0.4 is 5.14 Å². The van der Waals surface area contributed by atoms with Gasteiger partial charge in [-0.1, -0.05) is 72.8 Å². The summed E-state index contributed by atoms with van der Waals surface area (Å²) in [6.07, 6.45) is 1.91. The number of hydrogen-bond donors (Lipinski definition) is 2. The lowest BCUT2D eigenvalue weighted by Gasteiger charge is -2.28. The molecule has 0 spiro atoms. The number of sulfonamides is 1. The molecule has 38 heavy (non-hydrogen) atoms. The zero-order valence-corrected chi connectivity index (χ0v) is 22.2. The molecule has 1 amide bonds. The van der Waals surface area contributed by atoms with Gasteiger partial charge in [0.15, 0.2) is 0 Å². The molecule has 0 aliphatic carbocycles. The molecular weight excluding hydrogens is 502 g/mol. The Morgan fingerprint density at radius 1 is 0.684 bits per heavy atom. The van der Waals surface area contributed by atoms with Crippen LogP contribution in [-0.2, 0) is 38.9 Å². The number of primary sulfonamides is 1. The predicted molar refractivity (Wildman–Crippen MR) is 147 cm³/mol. The van der Waals surface area contributed by atoms with Crippen molar-refractivity contribution in [3.8, 4) is 0 Å². The van der Waals surface area contributed by atoms with Gasteiger partial charge >= 0.3 is 5.97 Å². The normalized spacial score (nSPS) is 11.4. The fraction of sp³-hybridized carbons (Fsp3) is 0.310. The number of benzene rings is 3. The molecule has 0 aromatic heterocycles. The second-order valence-electron chi connectivity index (χ2n) is 9.21. The molecule has 0 radical (unpaired) electrons. The molecule has 0 aliphatic rings. The number of nitrogens with zero attached hydrogens (tertiary/aromatic N) is 2. The van der Waals surface area contributed by atoms with Crippen LogP contribution in [0.4, 0.5) is 0 Å². The predicted octanol–water partition coefficient (Wildman–Crippen LogP) is 2.97. The third-order valence-corrected chi connectivity index (χ3v) is 7.28. The lowest BCUT2D eigenvalue weighted by atomic mass is 10.1. The molecule has 0 unspecified atom stereocenters. The van der Waals surface area contributed by atoms with Crippen LogP contribution in [0.15, 0.2) is 89.8 Å². The van der Waals surface area contributed by atoms with Crippen molar-refractivity contribution in [3.63, 3.8) is 0 Å². The number of aliphatic carboxylic acids is 1. The van der Waals surface area contributed by atoms with Crippen LogP contribution in [0.1, 0.15) is 23.1 Å². The van der Waals surface area contributed by atoms with Crippen molar-refractivity contribution in [2.75, 3.05) is 32.7 Å². The number of amides is 1. The summed E-state index contributed by atoms with van der Waals surface area (Å²) in [5.41, 5.74) is 3.14. The van der Waals surface area contributed by atoms with E-state index in [2.05, 4.69) is 0 Å². The zero-order valence-electron chi connectivity index (χ0n) is 21.4. The molecule has 3 aromatic rings. The average molecular weight is 538 g/mol. The van der Waals surface area contributed by atoms with E-state index >= 15 is 0 Å². The van der Waals surface area contributed by atoms with Crippen LogP contribution in [0.5, 0.6) is 0 Å². The highest BCUT2D eigenvalue weighted by Crippen LogP contribution is 2.11. The largest absolute Gasteiger partial charge is 0.481 e. The highest BCUT2D eigenvalue weighted by atomic mass is 32.2. The average Bonchev–Trinajstić information content (AvgIpc) is 2.91. The number of nitrogens with two attached hydrogens (primary N) is 1. The Bertz CT molecular complexity index is 1270. The van der Waals surface area contributed by atoms with E-state index in [1.807, 2.05) is 65.6 Å². The van der Waals surface area contributed by atoms with Crippen molar-refractivity contribution in [1.29, 1.82) is 0 Å². The maximum atomic E-state index is 13.5. The van der Waals surface area contributed by atoms with E-state index in [-0.39, 0.29) is 30.3 Å². The van der Waals surface area contributed by atoms with Gasteiger partial charge in [0.05, 0.1) is 17.9 Å². The molecule has 3 aromatic carbocycles. The van der Waals surface area contributed by atoms with E-state index in [0.29, 0.717) is 38.9 Å². The van der Waals surface area contributed by atoms with Gasteiger partial charge in [0.25, 0.3) is 0 Å². The number of carbonyl (C=O) groups is 2.